The topological polar surface area (TPSA) is 45.8 Å². The van der Waals surface area contributed by atoms with Crippen LogP contribution in [0.25, 0.3) is 10.8 Å². The van der Waals surface area contributed by atoms with Gasteiger partial charge in [0.2, 0.25) is 0 Å². The summed E-state index contributed by atoms with van der Waals surface area (Å²) in [4.78, 5) is 11.9. The molecular weight excluding hydrogens is 200 g/mol. The van der Waals surface area contributed by atoms with Crippen molar-refractivity contribution in [2.75, 3.05) is 0 Å². The molecule has 0 amide bonds. The number of hydrogen-bond donors (Lipinski definition) is 0. The number of hydrogen-bond acceptors (Lipinski definition) is 2. The lowest BCUT2D eigenvalue weighted by Gasteiger charge is -2.07. The number of benzene rings is 1. The first kappa shape index (κ1) is 10.4. The maximum atomic E-state index is 11.9. The predicted octanol–water partition coefficient (Wildman–Crippen LogP) is 2.28. The van der Waals surface area contributed by atoms with E-state index in [1.54, 1.807) is 4.57 Å². The Hall–Kier alpha value is -2.08. The highest BCUT2D eigenvalue weighted by Gasteiger charge is 2.08. The SMILES string of the molecule is CCCn1cc2ccccc2c(C#N)c1=O. The molecule has 0 radical (unpaired) electrons. The quantitative estimate of drug-likeness (QED) is 0.766. The fraction of sp³-hybridized carbons (Fsp3) is 0.231. The summed E-state index contributed by atoms with van der Waals surface area (Å²) in [6, 6.07) is 9.48. The Balaban J connectivity index is 2.84. The maximum Gasteiger partial charge on any atom is 0.269 e. The second-order valence-electron chi connectivity index (χ2n) is 3.70. The molecule has 0 saturated carbocycles. The van der Waals surface area contributed by atoms with Crippen molar-refractivity contribution >= 4 is 10.8 Å². The van der Waals surface area contributed by atoms with E-state index in [0.717, 1.165) is 17.2 Å². The van der Waals surface area contributed by atoms with Crippen molar-refractivity contribution in [3.05, 3.63) is 46.4 Å². The average molecular weight is 212 g/mol. The van der Waals surface area contributed by atoms with Crippen LogP contribution in [0.2, 0.25) is 0 Å². The highest BCUT2D eigenvalue weighted by molar-refractivity contribution is 5.86. The van der Waals surface area contributed by atoms with Gasteiger partial charge in [-0.05, 0) is 11.8 Å². The number of aromatic nitrogens is 1. The van der Waals surface area contributed by atoms with E-state index in [-0.39, 0.29) is 11.1 Å². The van der Waals surface area contributed by atoms with Crippen molar-refractivity contribution in [2.45, 2.75) is 19.9 Å². The number of aryl methyl sites for hydroxylation is 1. The lowest BCUT2D eigenvalue weighted by atomic mass is 10.1. The minimum Gasteiger partial charge on any atom is -0.314 e. The van der Waals surface area contributed by atoms with Gasteiger partial charge in [-0.25, -0.2) is 0 Å². The lowest BCUT2D eigenvalue weighted by Crippen LogP contribution is -2.22. The predicted molar refractivity (Wildman–Crippen MR) is 63.2 cm³/mol. The van der Waals surface area contributed by atoms with Crippen molar-refractivity contribution in [1.29, 1.82) is 5.26 Å². The standard InChI is InChI=1S/C13H12N2O/c1-2-7-15-9-10-5-3-4-6-11(10)12(8-14)13(15)16/h3-6,9H,2,7H2,1H3. The van der Waals surface area contributed by atoms with Gasteiger partial charge < -0.3 is 4.57 Å². The van der Waals surface area contributed by atoms with Crippen LogP contribution in [-0.4, -0.2) is 4.57 Å². The monoisotopic (exact) mass is 212 g/mol. The molecule has 0 aliphatic carbocycles. The summed E-state index contributed by atoms with van der Waals surface area (Å²) in [5.41, 5.74) is 0.0506. The van der Waals surface area contributed by atoms with Gasteiger partial charge in [-0.2, -0.15) is 5.26 Å². The molecule has 0 aliphatic rings. The molecule has 0 aliphatic heterocycles. The summed E-state index contributed by atoms with van der Waals surface area (Å²) in [7, 11) is 0. The summed E-state index contributed by atoms with van der Waals surface area (Å²) in [6.45, 7) is 2.66. The molecule has 0 unspecified atom stereocenters. The van der Waals surface area contributed by atoms with Crippen LogP contribution >= 0.6 is 0 Å². The molecule has 0 saturated heterocycles. The van der Waals surface area contributed by atoms with Crippen molar-refractivity contribution in [1.82, 2.24) is 4.57 Å². The van der Waals surface area contributed by atoms with Gasteiger partial charge in [0.15, 0.2) is 0 Å². The molecule has 3 heteroatoms. The Morgan fingerprint density at radius 1 is 1.38 bits per heavy atom. The summed E-state index contributed by atoms with van der Waals surface area (Å²) in [5, 5.41) is 10.7. The van der Waals surface area contributed by atoms with Crippen LogP contribution in [0.15, 0.2) is 35.3 Å². The highest BCUT2D eigenvalue weighted by Crippen LogP contribution is 2.14. The summed E-state index contributed by atoms with van der Waals surface area (Å²) in [5.74, 6) is 0. The summed E-state index contributed by atoms with van der Waals surface area (Å²) < 4.78 is 1.61. The molecule has 2 rings (SSSR count). The van der Waals surface area contributed by atoms with Crippen LogP contribution in [0.1, 0.15) is 18.9 Å². The Labute approximate surface area is 93.6 Å². The third kappa shape index (κ3) is 1.59. The minimum absolute atomic E-state index is 0.192. The van der Waals surface area contributed by atoms with Crippen molar-refractivity contribution in [3.63, 3.8) is 0 Å². The van der Waals surface area contributed by atoms with Gasteiger partial charge in [-0.3, -0.25) is 4.79 Å². The van der Waals surface area contributed by atoms with Crippen LogP contribution in [0.4, 0.5) is 0 Å². The molecule has 0 N–H and O–H groups in total. The van der Waals surface area contributed by atoms with Gasteiger partial charge in [-0.15, -0.1) is 0 Å². The number of fused-ring (bicyclic) bond motifs is 1. The van der Waals surface area contributed by atoms with Gasteiger partial charge in [0.25, 0.3) is 5.56 Å². The van der Waals surface area contributed by atoms with Gasteiger partial charge in [0, 0.05) is 18.1 Å². The minimum atomic E-state index is -0.192. The number of nitriles is 1. The first-order valence-electron chi connectivity index (χ1n) is 5.30. The summed E-state index contributed by atoms with van der Waals surface area (Å²) in [6.07, 6.45) is 2.70. The van der Waals surface area contributed by atoms with Crippen molar-refractivity contribution in [3.8, 4) is 6.07 Å². The Morgan fingerprint density at radius 3 is 2.81 bits per heavy atom. The Morgan fingerprint density at radius 2 is 2.12 bits per heavy atom. The van der Waals surface area contributed by atoms with Gasteiger partial charge in [-0.1, -0.05) is 31.2 Å². The molecule has 1 aromatic heterocycles. The maximum absolute atomic E-state index is 11.9. The van der Waals surface area contributed by atoms with Crippen LogP contribution in [0.5, 0.6) is 0 Å². The first-order chi connectivity index (χ1) is 7.77. The van der Waals surface area contributed by atoms with E-state index in [1.807, 2.05) is 43.5 Å². The fourth-order valence-corrected chi connectivity index (χ4v) is 1.84. The fourth-order valence-electron chi connectivity index (χ4n) is 1.84. The smallest absolute Gasteiger partial charge is 0.269 e. The largest absolute Gasteiger partial charge is 0.314 e. The molecule has 1 aromatic carbocycles. The molecule has 2 aromatic rings. The van der Waals surface area contributed by atoms with E-state index in [4.69, 9.17) is 5.26 Å². The zero-order valence-electron chi connectivity index (χ0n) is 9.10. The molecule has 3 nitrogen and oxygen atoms in total. The molecule has 0 bridgehead atoms. The van der Waals surface area contributed by atoms with E-state index in [0.29, 0.717) is 6.54 Å². The van der Waals surface area contributed by atoms with Crippen molar-refractivity contribution < 1.29 is 0 Å². The van der Waals surface area contributed by atoms with E-state index in [2.05, 4.69) is 0 Å². The van der Waals surface area contributed by atoms with E-state index >= 15 is 0 Å². The zero-order chi connectivity index (χ0) is 11.5. The molecule has 0 atom stereocenters. The second-order valence-corrected chi connectivity index (χ2v) is 3.70. The van der Waals surface area contributed by atoms with Gasteiger partial charge in [0.1, 0.15) is 11.6 Å². The second kappa shape index (κ2) is 4.19. The average Bonchev–Trinajstić information content (AvgIpc) is 2.31. The molecule has 0 fully saturated rings. The van der Waals surface area contributed by atoms with Crippen LogP contribution in [0, 0.1) is 11.3 Å². The van der Waals surface area contributed by atoms with Crippen LogP contribution in [0.3, 0.4) is 0 Å². The molecule has 16 heavy (non-hydrogen) atoms. The Bertz CT molecular complexity index is 620. The first-order valence-corrected chi connectivity index (χ1v) is 5.30. The van der Waals surface area contributed by atoms with Crippen LogP contribution in [-0.2, 0) is 6.54 Å². The van der Waals surface area contributed by atoms with E-state index in [9.17, 15) is 4.79 Å². The number of nitrogens with zero attached hydrogens (tertiary/aromatic N) is 2. The number of rotatable bonds is 2. The third-order valence-corrected chi connectivity index (χ3v) is 2.58. The van der Waals surface area contributed by atoms with Crippen molar-refractivity contribution in [2.24, 2.45) is 0 Å². The van der Waals surface area contributed by atoms with E-state index in [1.165, 1.54) is 0 Å². The highest BCUT2D eigenvalue weighted by atomic mass is 16.1. The van der Waals surface area contributed by atoms with Gasteiger partial charge >= 0.3 is 0 Å². The zero-order valence-corrected chi connectivity index (χ0v) is 9.10. The molecular formula is C13H12N2O. The molecule has 1 heterocycles. The molecule has 0 spiro atoms. The number of pyridine rings is 1. The summed E-state index contributed by atoms with van der Waals surface area (Å²) >= 11 is 0. The lowest BCUT2D eigenvalue weighted by molar-refractivity contribution is 0.657. The van der Waals surface area contributed by atoms with Crippen LogP contribution < -0.4 is 5.56 Å². The third-order valence-electron chi connectivity index (χ3n) is 2.58. The van der Waals surface area contributed by atoms with Gasteiger partial charge in [0.05, 0.1) is 0 Å². The molecule has 80 valence electrons. The normalized spacial score (nSPS) is 10.2. The van der Waals surface area contributed by atoms with E-state index < -0.39 is 0 Å². The Kier molecular flexibility index (Phi) is 2.74.